The Kier molecular flexibility index (Phi) is 8.08. The number of rotatable bonds is 7. The Morgan fingerprint density at radius 2 is 1.73 bits per heavy atom. The van der Waals surface area contributed by atoms with Crippen molar-refractivity contribution in [1.29, 1.82) is 0 Å². The van der Waals surface area contributed by atoms with E-state index in [1.54, 1.807) is 0 Å². The second-order valence-corrected chi connectivity index (χ2v) is 60.2. The summed E-state index contributed by atoms with van der Waals surface area (Å²) in [7, 11) is 0. The van der Waals surface area contributed by atoms with Crippen molar-refractivity contribution in [2.45, 2.75) is 23.8 Å². The molecule has 1 unspecified atom stereocenters. The fourth-order valence-corrected chi connectivity index (χ4v) is 16.4. The molecule has 0 aliphatic rings. The van der Waals surface area contributed by atoms with E-state index in [1.807, 2.05) is 11.8 Å². The van der Waals surface area contributed by atoms with Gasteiger partial charge in [-0.25, -0.2) is 0 Å². The first-order chi connectivity index (χ1) is 10.4. The first-order valence-corrected chi connectivity index (χ1v) is 29.7. The van der Waals surface area contributed by atoms with Gasteiger partial charge in [-0.1, -0.05) is 0 Å². The summed E-state index contributed by atoms with van der Waals surface area (Å²) in [6, 6.07) is 13.2. The summed E-state index contributed by atoms with van der Waals surface area (Å²) in [5, 5.41) is 2.59. The summed E-state index contributed by atoms with van der Waals surface area (Å²) in [6.07, 6.45) is 1.09. The molecular formula is C16H20Br3NSSn. The van der Waals surface area contributed by atoms with Gasteiger partial charge in [0.2, 0.25) is 0 Å². The van der Waals surface area contributed by atoms with Crippen LogP contribution in [0.15, 0.2) is 36.4 Å². The van der Waals surface area contributed by atoms with Gasteiger partial charge in [-0.3, -0.25) is 0 Å². The molecule has 0 aliphatic carbocycles. The molecule has 2 aromatic rings. The van der Waals surface area contributed by atoms with Crippen molar-refractivity contribution in [2.24, 2.45) is 5.73 Å². The van der Waals surface area contributed by atoms with Gasteiger partial charge < -0.3 is 0 Å². The van der Waals surface area contributed by atoms with Gasteiger partial charge in [0.05, 0.1) is 0 Å². The van der Waals surface area contributed by atoms with E-state index in [1.165, 1.54) is 32.1 Å². The Bertz CT molecular complexity index is 628. The van der Waals surface area contributed by atoms with Crippen LogP contribution in [-0.4, -0.2) is 23.2 Å². The summed E-state index contributed by atoms with van der Waals surface area (Å²) in [4.78, 5) is 0. The minimum atomic E-state index is -2.14. The zero-order valence-electron chi connectivity index (χ0n) is 12.5. The van der Waals surface area contributed by atoms with E-state index in [0.29, 0.717) is 0 Å². The molecule has 22 heavy (non-hydrogen) atoms. The number of thioether (sulfide) groups is 1. The van der Waals surface area contributed by atoms with Crippen molar-refractivity contribution in [3.05, 3.63) is 47.5 Å². The molecule has 0 amide bonds. The first-order valence-electron chi connectivity index (χ1n) is 7.28. The van der Waals surface area contributed by atoms with Gasteiger partial charge in [0.15, 0.2) is 0 Å². The van der Waals surface area contributed by atoms with E-state index in [2.05, 4.69) is 81.4 Å². The first kappa shape index (κ1) is 19.6. The minimum absolute atomic E-state index is 0.0843. The van der Waals surface area contributed by atoms with Crippen LogP contribution < -0.4 is 5.73 Å². The van der Waals surface area contributed by atoms with Crippen molar-refractivity contribution in [1.82, 2.24) is 0 Å². The number of hydrogen-bond acceptors (Lipinski definition) is 2. The second kappa shape index (κ2) is 9.09. The number of hydrogen-bond donors (Lipinski definition) is 1. The van der Waals surface area contributed by atoms with E-state index in [4.69, 9.17) is 5.73 Å². The fraction of sp³-hybridized carbons (Fsp3) is 0.375. The Morgan fingerprint density at radius 3 is 2.32 bits per heavy atom. The van der Waals surface area contributed by atoms with Crippen LogP contribution in [0.4, 0.5) is 0 Å². The monoisotopic (exact) mass is 615 g/mol. The summed E-state index contributed by atoms with van der Waals surface area (Å²) in [6.45, 7) is 2.07. The molecule has 2 rings (SSSR count). The molecule has 0 saturated carbocycles. The van der Waals surface area contributed by atoms with Crippen molar-refractivity contribution in [2.75, 3.05) is 11.5 Å². The van der Waals surface area contributed by atoms with Crippen molar-refractivity contribution < 1.29 is 0 Å². The summed E-state index contributed by atoms with van der Waals surface area (Å²) < 4.78 is 1.23. The number of nitrogens with two attached hydrogens (primary N) is 1. The molecule has 0 radical (unpaired) electrons. The molecule has 1 atom stereocenters. The van der Waals surface area contributed by atoms with Gasteiger partial charge in [0.1, 0.15) is 0 Å². The topological polar surface area (TPSA) is 26.0 Å². The SMILES string of the molecule is CC(N)c1cc2ccccc2cc1CCSC[CH2][Sn]([Br])([Br])[Br]. The van der Waals surface area contributed by atoms with Crippen LogP contribution in [0.3, 0.4) is 0 Å². The molecule has 0 aliphatic heterocycles. The predicted octanol–water partition coefficient (Wildman–Crippen LogP) is 6.26. The van der Waals surface area contributed by atoms with Crippen LogP contribution >= 0.6 is 49.9 Å². The van der Waals surface area contributed by atoms with Crippen molar-refractivity contribution in [3.63, 3.8) is 0 Å². The average Bonchev–Trinajstić information content (AvgIpc) is 2.44. The molecule has 2 aromatic carbocycles. The van der Waals surface area contributed by atoms with Crippen LogP contribution in [0.1, 0.15) is 24.1 Å². The van der Waals surface area contributed by atoms with Gasteiger partial charge in [0, 0.05) is 0 Å². The molecule has 6 heteroatoms. The van der Waals surface area contributed by atoms with Crippen LogP contribution in [0.5, 0.6) is 0 Å². The van der Waals surface area contributed by atoms with Gasteiger partial charge in [-0.05, 0) is 0 Å². The van der Waals surface area contributed by atoms with E-state index in [-0.39, 0.29) is 6.04 Å². The van der Waals surface area contributed by atoms with Crippen LogP contribution in [0.25, 0.3) is 10.8 Å². The van der Waals surface area contributed by atoms with Gasteiger partial charge in [-0.2, -0.15) is 0 Å². The summed E-state index contributed by atoms with van der Waals surface area (Å²) >= 11 is 11.1. The number of benzene rings is 2. The fourth-order valence-electron chi connectivity index (χ4n) is 2.42. The quantitative estimate of drug-likeness (QED) is 0.294. The zero-order valence-corrected chi connectivity index (χ0v) is 20.9. The average molecular weight is 617 g/mol. The molecule has 0 spiro atoms. The maximum atomic E-state index is 6.18. The molecule has 1 nitrogen and oxygen atoms in total. The number of aryl methyl sites for hydroxylation is 1. The van der Waals surface area contributed by atoms with Crippen LogP contribution in [0, 0.1) is 0 Å². The molecule has 0 saturated heterocycles. The van der Waals surface area contributed by atoms with Gasteiger partial charge in [0.25, 0.3) is 0 Å². The number of fused-ring (bicyclic) bond motifs is 1. The summed E-state index contributed by atoms with van der Waals surface area (Å²) in [5.41, 5.74) is 8.86. The molecular weight excluding hydrogens is 597 g/mol. The number of halogens is 3. The zero-order chi connectivity index (χ0) is 16.2. The van der Waals surface area contributed by atoms with Crippen LogP contribution in [-0.2, 0) is 6.42 Å². The molecule has 0 fully saturated rings. The Balaban J connectivity index is 2.04. The standard InChI is InChI=1S/C16H20NS.3BrH.Sn/c1-3-18-9-8-15-10-13-6-4-5-7-14(13)11-16(15)12(2)17;;;;/h4-7,10-12H,1,3,8-9,17H2,2H3;3*1H;/q;;;;+3/p-3. The Hall–Kier alpha value is 1.25. The third kappa shape index (κ3) is 6.28. The molecule has 120 valence electrons. The van der Waals surface area contributed by atoms with E-state index in [9.17, 15) is 0 Å². The third-order valence-electron chi connectivity index (χ3n) is 3.54. The summed E-state index contributed by atoms with van der Waals surface area (Å²) in [5.74, 6) is 2.34. The third-order valence-corrected chi connectivity index (χ3v) is 15.9. The molecule has 2 N–H and O–H groups in total. The normalized spacial score (nSPS) is 13.5. The molecule has 0 bridgehead atoms. The van der Waals surface area contributed by atoms with Gasteiger partial charge in [-0.15, -0.1) is 0 Å². The van der Waals surface area contributed by atoms with Crippen LogP contribution in [0.2, 0.25) is 4.44 Å². The molecule has 0 aromatic heterocycles. The predicted molar refractivity (Wildman–Crippen MR) is 115 cm³/mol. The Labute approximate surface area is 159 Å². The van der Waals surface area contributed by atoms with E-state index in [0.717, 1.165) is 12.2 Å². The van der Waals surface area contributed by atoms with Gasteiger partial charge >= 0.3 is 161 Å². The van der Waals surface area contributed by atoms with E-state index >= 15 is 0 Å². The molecule has 0 heterocycles. The van der Waals surface area contributed by atoms with Crippen molar-refractivity contribution in [3.8, 4) is 0 Å². The Morgan fingerprint density at radius 1 is 1.09 bits per heavy atom. The second-order valence-electron chi connectivity index (χ2n) is 5.41. The van der Waals surface area contributed by atoms with E-state index < -0.39 is 11.7 Å². The van der Waals surface area contributed by atoms with Crippen molar-refractivity contribution >= 4 is 72.4 Å². The maximum absolute atomic E-state index is 6.18.